The summed E-state index contributed by atoms with van der Waals surface area (Å²) in [5.74, 6) is 1.04. The number of benzene rings is 1. The van der Waals surface area contributed by atoms with E-state index in [4.69, 9.17) is 10.5 Å². The van der Waals surface area contributed by atoms with Crippen LogP contribution in [0.1, 0.15) is 19.7 Å². The fourth-order valence-corrected chi connectivity index (χ4v) is 1.77. The number of methoxy groups -OCH3 is 1. The van der Waals surface area contributed by atoms with Crippen molar-refractivity contribution in [1.82, 2.24) is 14.8 Å². The van der Waals surface area contributed by atoms with Crippen LogP contribution in [0.5, 0.6) is 5.75 Å². The highest BCUT2D eigenvalue weighted by atomic mass is 16.5. The van der Waals surface area contributed by atoms with Gasteiger partial charge in [0.05, 0.1) is 18.3 Å². The van der Waals surface area contributed by atoms with Crippen LogP contribution in [-0.2, 0) is 5.54 Å². The van der Waals surface area contributed by atoms with E-state index in [2.05, 4.69) is 10.2 Å². The highest BCUT2D eigenvalue weighted by Gasteiger charge is 2.25. The molecule has 6 heteroatoms. The molecule has 2 aromatic rings. The molecule has 1 aromatic heterocycles. The summed E-state index contributed by atoms with van der Waals surface area (Å²) in [5, 5.41) is 6.40. The Hall–Kier alpha value is -2.08. The van der Waals surface area contributed by atoms with Gasteiger partial charge in [-0.2, -0.15) is 5.10 Å². The molecule has 96 valence electrons. The van der Waals surface area contributed by atoms with Gasteiger partial charge in [-0.1, -0.05) is 12.1 Å². The van der Waals surface area contributed by atoms with Gasteiger partial charge in [0.2, 0.25) is 0 Å². The predicted molar refractivity (Wildman–Crippen MR) is 68.0 cm³/mol. The number of ether oxygens (including phenoxy) is 1. The SMILES string of the molecule is COc1ccccc1-n1c(C(C)(C)N)n[nH]c1=O. The van der Waals surface area contributed by atoms with Gasteiger partial charge in [0.1, 0.15) is 5.75 Å². The van der Waals surface area contributed by atoms with E-state index in [1.807, 2.05) is 12.1 Å². The van der Waals surface area contributed by atoms with Gasteiger partial charge in [0.25, 0.3) is 0 Å². The van der Waals surface area contributed by atoms with Crippen molar-refractivity contribution < 1.29 is 4.74 Å². The van der Waals surface area contributed by atoms with Crippen LogP contribution in [0.3, 0.4) is 0 Å². The summed E-state index contributed by atoms with van der Waals surface area (Å²) < 4.78 is 6.68. The maximum absolute atomic E-state index is 11.9. The topological polar surface area (TPSA) is 85.9 Å². The fourth-order valence-electron chi connectivity index (χ4n) is 1.77. The first-order valence-corrected chi connectivity index (χ1v) is 5.55. The number of aromatic amines is 1. The highest BCUT2D eigenvalue weighted by Crippen LogP contribution is 2.24. The molecule has 1 aromatic carbocycles. The Morgan fingerprint density at radius 2 is 2.06 bits per heavy atom. The average Bonchev–Trinajstić information content (AvgIpc) is 2.70. The average molecular weight is 248 g/mol. The number of nitrogens with one attached hydrogen (secondary N) is 1. The monoisotopic (exact) mass is 248 g/mol. The Bertz CT molecular complexity index is 607. The highest BCUT2D eigenvalue weighted by molar-refractivity contribution is 5.47. The summed E-state index contributed by atoms with van der Waals surface area (Å²) in [4.78, 5) is 11.9. The Kier molecular flexibility index (Phi) is 2.96. The van der Waals surface area contributed by atoms with Crippen LogP contribution in [0, 0.1) is 0 Å². The number of nitrogens with zero attached hydrogens (tertiary/aromatic N) is 2. The maximum atomic E-state index is 11.9. The zero-order valence-corrected chi connectivity index (χ0v) is 10.6. The van der Waals surface area contributed by atoms with E-state index in [1.165, 1.54) is 4.57 Å². The van der Waals surface area contributed by atoms with E-state index < -0.39 is 5.54 Å². The molecule has 0 spiro atoms. The third kappa shape index (κ3) is 2.02. The van der Waals surface area contributed by atoms with Crippen LogP contribution in [0.15, 0.2) is 29.1 Å². The van der Waals surface area contributed by atoms with Gasteiger partial charge >= 0.3 is 5.69 Å². The maximum Gasteiger partial charge on any atom is 0.348 e. The van der Waals surface area contributed by atoms with Crippen molar-refractivity contribution in [2.75, 3.05) is 7.11 Å². The number of para-hydroxylation sites is 2. The molecule has 0 saturated carbocycles. The summed E-state index contributed by atoms with van der Waals surface area (Å²) in [6.45, 7) is 3.57. The van der Waals surface area contributed by atoms with Crippen molar-refractivity contribution in [3.05, 3.63) is 40.6 Å². The van der Waals surface area contributed by atoms with E-state index >= 15 is 0 Å². The van der Waals surface area contributed by atoms with Crippen LogP contribution >= 0.6 is 0 Å². The Balaban J connectivity index is 2.72. The van der Waals surface area contributed by atoms with Crippen LogP contribution in [0.4, 0.5) is 0 Å². The van der Waals surface area contributed by atoms with Crippen molar-refractivity contribution in [2.24, 2.45) is 5.73 Å². The van der Waals surface area contributed by atoms with Gasteiger partial charge in [0.15, 0.2) is 5.82 Å². The van der Waals surface area contributed by atoms with Gasteiger partial charge in [-0.25, -0.2) is 14.5 Å². The van der Waals surface area contributed by atoms with E-state index in [0.29, 0.717) is 17.3 Å². The number of hydrogen-bond donors (Lipinski definition) is 2. The number of rotatable bonds is 3. The van der Waals surface area contributed by atoms with Gasteiger partial charge in [-0.15, -0.1) is 0 Å². The lowest BCUT2D eigenvalue weighted by atomic mass is 10.1. The summed E-state index contributed by atoms with van der Waals surface area (Å²) >= 11 is 0. The number of nitrogens with two attached hydrogens (primary N) is 1. The minimum absolute atomic E-state index is 0.340. The summed E-state index contributed by atoms with van der Waals surface area (Å²) in [5.41, 5.74) is 5.56. The molecular formula is C12H16N4O2. The van der Waals surface area contributed by atoms with Gasteiger partial charge in [0, 0.05) is 0 Å². The zero-order chi connectivity index (χ0) is 13.3. The van der Waals surface area contributed by atoms with Gasteiger partial charge < -0.3 is 10.5 Å². The molecule has 0 aliphatic rings. The first-order valence-electron chi connectivity index (χ1n) is 5.55. The second kappa shape index (κ2) is 4.30. The van der Waals surface area contributed by atoms with E-state index in [0.717, 1.165) is 0 Å². The molecule has 6 nitrogen and oxygen atoms in total. The molecule has 0 fully saturated rings. The van der Waals surface area contributed by atoms with Crippen LogP contribution in [-0.4, -0.2) is 21.9 Å². The van der Waals surface area contributed by atoms with E-state index in [1.54, 1.807) is 33.1 Å². The van der Waals surface area contributed by atoms with Crippen molar-refractivity contribution >= 4 is 0 Å². The smallest absolute Gasteiger partial charge is 0.348 e. The molecular weight excluding hydrogens is 232 g/mol. The lowest BCUT2D eigenvalue weighted by Gasteiger charge is -2.19. The second-order valence-corrected chi connectivity index (χ2v) is 4.58. The molecule has 0 atom stereocenters. The minimum Gasteiger partial charge on any atom is -0.495 e. The summed E-state index contributed by atoms with van der Waals surface area (Å²) in [6.07, 6.45) is 0. The third-order valence-electron chi connectivity index (χ3n) is 2.57. The first-order chi connectivity index (χ1) is 8.45. The molecule has 0 saturated heterocycles. The minimum atomic E-state index is -0.736. The van der Waals surface area contributed by atoms with Crippen LogP contribution in [0.25, 0.3) is 5.69 Å². The summed E-state index contributed by atoms with van der Waals surface area (Å²) in [6, 6.07) is 7.22. The van der Waals surface area contributed by atoms with Gasteiger partial charge in [-0.05, 0) is 26.0 Å². The molecule has 0 radical (unpaired) electrons. The largest absolute Gasteiger partial charge is 0.495 e. The Morgan fingerprint density at radius 1 is 1.39 bits per heavy atom. The molecule has 0 aliphatic heterocycles. The molecule has 3 N–H and O–H groups in total. The van der Waals surface area contributed by atoms with Crippen molar-refractivity contribution in [2.45, 2.75) is 19.4 Å². The number of aromatic nitrogens is 3. The lowest BCUT2D eigenvalue weighted by Crippen LogP contribution is -2.34. The molecule has 0 unspecified atom stereocenters. The molecule has 18 heavy (non-hydrogen) atoms. The van der Waals surface area contributed by atoms with Gasteiger partial charge in [-0.3, -0.25) is 0 Å². The van der Waals surface area contributed by atoms with Crippen molar-refractivity contribution in [3.63, 3.8) is 0 Å². The molecule has 0 amide bonds. The third-order valence-corrected chi connectivity index (χ3v) is 2.57. The molecule has 2 rings (SSSR count). The first kappa shape index (κ1) is 12.4. The fraction of sp³-hybridized carbons (Fsp3) is 0.333. The van der Waals surface area contributed by atoms with Crippen LogP contribution < -0.4 is 16.2 Å². The molecule has 0 aliphatic carbocycles. The Labute approximate surface area is 104 Å². The second-order valence-electron chi connectivity index (χ2n) is 4.58. The number of hydrogen-bond acceptors (Lipinski definition) is 4. The standard InChI is InChI=1S/C12H16N4O2/c1-12(2,13)10-14-15-11(17)16(10)8-6-4-5-7-9(8)18-3/h4-7H,13H2,1-3H3,(H,15,17). The van der Waals surface area contributed by atoms with E-state index in [9.17, 15) is 4.79 Å². The lowest BCUT2D eigenvalue weighted by molar-refractivity contribution is 0.410. The predicted octanol–water partition coefficient (Wildman–Crippen LogP) is 0.763. The number of H-pyrrole nitrogens is 1. The van der Waals surface area contributed by atoms with Crippen molar-refractivity contribution in [3.8, 4) is 11.4 Å². The zero-order valence-electron chi connectivity index (χ0n) is 10.6. The normalized spacial score (nSPS) is 11.6. The van der Waals surface area contributed by atoms with E-state index in [-0.39, 0.29) is 5.69 Å². The molecule has 0 bridgehead atoms. The van der Waals surface area contributed by atoms with Crippen LogP contribution in [0.2, 0.25) is 0 Å². The Morgan fingerprint density at radius 3 is 2.67 bits per heavy atom. The molecule has 1 heterocycles. The van der Waals surface area contributed by atoms with Crippen molar-refractivity contribution in [1.29, 1.82) is 0 Å². The quantitative estimate of drug-likeness (QED) is 0.839. The summed E-state index contributed by atoms with van der Waals surface area (Å²) in [7, 11) is 1.55.